The van der Waals surface area contributed by atoms with Crippen LogP contribution >= 0.6 is 0 Å². The van der Waals surface area contributed by atoms with Crippen LogP contribution in [0, 0.1) is 17.4 Å². The van der Waals surface area contributed by atoms with Gasteiger partial charge in [0.05, 0.1) is 0 Å². The Hall–Kier alpha value is -3.09. The molecule has 10 heteroatoms. The van der Waals surface area contributed by atoms with Crippen LogP contribution in [0.15, 0.2) is 30.3 Å². The number of carbonyl (C=O) groups excluding carboxylic acids is 3. The third kappa shape index (κ3) is 6.70. The number of nitrogens with one attached hydrogen (secondary N) is 1. The molecule has 1 aliphatic rings. The van der Waals surface area contributed by atoms with Crippen molar-refractivity contribution < 1.29 is 32.3 Å². The second-order valence-corrected chi connectivity index (χ2v) is 7.91. The number of hydrogen-bond acceptors (Lipinski definition) is 5. The molecule has 7 nitrogen and oxygen atoms in total. The summed E-state index contributed by atoms with van der Waals surface area (Å²) in [6.45, 7) is 1.45. The minimum absolute atomic E-state index is 0.102. The SMILES string of the molecule is CN(C#N)C(=O)[C@H](CC1CCC(C)(OC(=O)C(F)(F)F)CC1)NC(=O)c1ccccc1. The maximum absolute atomic E-state index is 12.6. The van der Waals surface area contributed by atoms with Gasteiger partial charge < -0.3 is 10.1 Å². The molecule has 1 fully saturated rings. The Morgan fingerprint density at radius 2 is 1.84 bits per heavy atom. The molecule has 1 aromatic rings. The van der Waals surface area contributed by atoms with Crippen LogP contribution in [0.3, 0.4) is 0 Å². The van der Waals surface area contributed by atoms with Gasteiger partial charge in [-0.15, -0.1) is 0 Å². The monoisotopic (exact) mass is 439 g/mol. The number of likely N-dealkylation sites (N-methyl/N-ethyl adjacent to an activating group) is 1. The van der Waals surface area contributed by atoms with Gasteiger partial charge in [0.25, 0.3) is 11.8 Å². The third-order valence-corrected chi connectivity index (χ3v) is 5.42. The Balaban J connectivity index is 2.03. The van der Waals surface area contributed by atoms with Crippen LogP contribution in [0.25, 0.3) is 0 Å². The molecule has 0 aliphatic heterocycles. The van der Waals surface area contributed by atoms with Crippen LogP contribution in [0.4, 0.5) is 13.2 Å². The summed E-state index contributed by atoms with van der Waals surface area (Å²) in [5.74, 6) is -3.37. The highest BCUT2D eigenvalue weighted by molar-refractivity contribution is 5.97. The quantitative estimate of drug-likeness (QED) is 0.417. The lowest BCUT2D eigenvalue weighted by Gasteiger charge is -2.38. The Labute approximate surface area is 178 Å². The first-order valence-corrected chi connectivity index (χ1v) is 9.78. The molecule has 0 aromatic heterocycles. The first kappa shape index (κ1) is 24.2. The van der Waals surface area contributed by atoms with Crippen LogP contribution in [-0.2, 0) is 14.3 Å². The fourth-order valence-corrected chi connectivity index (χ4v) is 3.58. The number of carbonyl (C=O) groups is 3. The minimum Gasteiger partial charge on any atom is -0.453 e. The molecule has 0 unspecified atom stereocenters. The van der Waals surface area contributed by atoms with Crippen molar-refractivity contribution >= 4 is 17.8 Å². The number of nitriles is 1. The van der Waals surface area contributed by atoms with E-state index in [1.807, 2.05) is 0 Å². The maximum Gasteiger partial charge on any atom is 0.490 e. The number of alkyl halides is 3. The van der Waals surface area contributed by atoms with Gasteiger partial charge in [0.2, 0.25) is 0 Å². The van der Waals surface area contributed by atoms with Crippen LogP contribution < -0.4 is 5.32 Å². The van der Waals surface area contributed by atoms with E-state index in [1.54, 1.807) is 36.5 Å². The average molecular weight is 439 g/mol. The largest absolute Gasteiger partial charge is 0.490 e. The van der Waals surface area contributed by atoms with Gasteiger partial charge in [0.1, 0.15) is 11.6 Å². The van der Waals surface area contributed by atoms with Crippen molar-refractivity contribution in [2.45, 2.75) is 56.8 Å². The standard InChI is InChI=1S/C21H24F3N3O4/c1-20(31-19(30)21(22,23)24)10-8-14(9-11-20)12-16(18(29)27(2)13-25)26-17(28)15-6-4-3-5-7-15/h3-7,14,16H,8-12H2,1-2H3,(H,26,28)/t14?,16-,20?/m0/s1. The summed E-state index contributed by atoms with van der Waals surface area (Å²) in [6, 6.07) is 7.31. The number of hydrogen-bond donors (Lipinski definition) is 1. The first-order chi connectivity index (χ1) is 14.4. The molecule has 2 amide bonds. The van der Waals surface area contributed by atoms with Crippen LogP contribution in [0.2, 0.25) is 0 Å². The molecule has 1 aliphatic carbocycles. The molecular formula is C21H24F3N3O4. The number of ether oxygens (including phenoxy) is 1. The normalized spacial score (nSPS) is 22.0. The zero-order valence-electron chi connectivity index (χ0n) is 17.2. The minimum atomic E-state index is -5.05. The van der Waals surface area contributed by atoms with Crippen LogP contribution in [0.1, 0.15) is 49.4 Å². The van der Waals surface area contributed by atoms with Crippen LogP contribution in [0.5, 0.6) is 0 Å². The van der Waals surface area contributed by atoms with Crippen molar-refractivity contribution in [1.29, 1.82) is 5.26 Å². The van der Waals surface area contributed by atoms with Crippen molar-refractivity contribution in [3.63, 3.8) is 0 Å². The fraction of sp³-hybridized carbons (Fsp3) is 0.524. The molecule has 1 saturated carbocycles. The van der Waals surface area contributed by atoms with Gasteiger partial charge in [0, 0.05) is 12.6 Å². The predicted molar refractivity (Wildman–Crippen MR) is 103 cm³/mol. The van der Waals surface area contributed by atoms with Gasteiger partial charge in [-0.3, -0.25) is 14.5 Å². The zero-order valence-corrected chi connectivity index (χ0v) is 17.2. The van der Waals surface area contributed by atoms with Crippen molar-refractivity contribution in [3.05, 3.63) is 35.9 Å². The Kier molecular flexibility index (Phi) is 7.65. The molecule has 0 radical (unpaired) electrons. The van der Waals surface area contributed by atoms with E-state index in [9.17, 15) is 27.6 Å². The highest BCUT2D eigenvalue weighted by atomic mass is 19.4. The van der Waals surface area contributed by atoms with E-state index in [2.05, 4.69) is 10.1 Å². The molecule has 0 bridgehead atoms. The summed E-state index contributed by atoms with van der Waals surface area (Å²) in [5, 5.41) is 11.7. The van der Waals surface area contributed by atoms with Crippen molar-refractivity contribution in [2.24, 2.45) is 5.92 Å². The highest BCUT2D eigenvalue weighted by Crippen LogP contribution is 2.38. The van der Waals surface area contributed by atoms with Crippen LogP contribution in [-0.4, -0.2) is 47.6 Å². The fourth-order valence-electron chi connectivity index (χ4n) is 3.58. The Morgan fingerprint density at radius 3 is 2.35 bits per heavy atom. The van der Waals surface area contributed by atoms with Gasteiger partial charge >= 0.3 is 12.1 Å². The molecular weight excluding hydrogens is 415 g/mol. The molecule has 1 atom stereocenters. The second kappa shape index (κ2) is 9.81. The summed E-state index contributed by atoms with van der Waals surface area (Å²) >= 11 is 0. The molecule has 0 heterocycles. The number of amides is 2. The average Bonchev–Trinajstić information content (AvgIpc) is 2.73. The molecule has 0 saturated heterocycles. The Bertz CT molecular complexity index is 844. The summed E-state index contributed by atoms with van der Waals surface area (Å²) < 4.78 is 42.2. The molecule has 1 N–H and O–H groups in total. The van der Waals surface area contributed by atoms with E-state index >= 15 is 0 Å². The summed E-state index contributed by atoms with van der Waals surface area (Å²) in [7, 11) is 1.29. The third-order valence-electron chi connectivity index (χ3n) is 5.42. The zero-order chi connectivity index (χ0) is 23.2. The first-order valence-electron chi connectivity index (χ1n) is 9.78. The lowest BCUT2D eigenvalue weighted by atomic mass is 9.77. The van der Waals surface area contributed by atoms with E-state index in [1.165, 1.54) is 14.0 Å². The molecule has 2 rings (SSSR count). The van der Waals surface area contributed by atoms with Crippen molar-refractivity contribution in [3.8, 4) is 6.19 Å². The van der Waals surface area contributed by atoms with E-state index in [0.29, 0.717) is 18.4 Å². The van der Waals surface area contributed by atoms with Gasteiger partial charge in [-0.2, -0.15) is 18.4 Å². The van der Waals surface area contributed by atoms with Crippen molar-refractivity contribution in [2.75, 3.05) is 7.05 Å². The lowest BCUT2D eigenvalue weighted by Crippen LogP contribution is -2.48. The Morgan fingerprint density at radius 1 is 1.26 bits per heavy atom. The smallest absolute Gasteiger partial charge is 0.453 e. The molecule has 31 heavy (non-hydrogen) atoms. The van der Waals surface area contributed by atoms with Crippen molar-refractivity contribution in [1.82, 2.24) is 10.2 Å². The molecule has 0 spiro atoms. The van der Waals surface area contributed by atoms with Gasteiger partial charge in [-0.1, -0.05) is 18.2 Å². The lowest BCUT2D eigenvalue weighted by molar-refractivity contribution is -0.215. The topological polar surface area (TPSA) is 99.5 Å². The maximum atomic E-state index is 12.6. The van der Waals surface area contributed by atoms with Gasteiger partial charge in [-0.05, 0) is 57.1 Å². The van der Waals surface area contributed by atoms with E-state index < -0.39 is 35.6 Å². The van der Waals surface area contributed by atoms with E-state index in [0.717, 1.165) is 4.90 Å². The summed E-state index contributed by atoms with van der Waals surface area (Å²) in [4.78, 5) is 37.1. The van der Waals surface area contributed by atoms with E-state index in [-0.39, 0.29) is 25.2 Å². The van der Waals surface area contributed by atoms with E-state index in [4.69, 9.17) is 5.26 Å². The molecule has 1 aromatic carbocycles. The second-order valence-electron chi connectivity index (χ2n) is 7.91. The number of esters is 1. The van der Waals surface area contributed by atoms with Gasteiger partial charge in [0.15, 0.2) is 6.19 Å². The number of rotatable bonds is 6. The number of nitrogens with zero attached hydrogens (tertiary/aromatic N) is 2. The molecule has 168 valence electrons. The highest BCUT2D eigenvalue weighted by Gasteiger charge is 2.46. The summed E-state index contributed by atoms with van der Waals surface area (Å²) in [5.41, 5.74) is -0.880. The predicted octanol–water partition coefficient (Wildman–Crippen LogP) is 3.17. The summed E-state index contributed by atoms with van der Waals surface area (Å²) in [6.07, 6.45) is -1.92. The number of benzene rings is 1. The number of halogens is 3. The van der Waals surface area contributed by atoms with Gasteiger partial charge in [-0.25, -0.2) is 4.79 Å².